The number of aliphatic imine (C=N–C) groups is 1. The van der Waals surface area contributed by atoms with E-state index in [9.17, 15) is 4.79 Å². The number of nitrogens with one attached hydrogen (secondary N) is 2. The smallest absolute Gasteiger partial charge is 0.220 e. The van der Waals surface area contributed by atoms with Crippen molar-refractivity contribution in [1.82, 2.24) is 15.5 Å². The Bertz CT molecular complexity index is 465. The van der Waals surface area contributed by atoms with Gasteiger partial charge in [-0.25, -0.2) is 0 Å². The van der Waals surface area contributed by atoms with Crippen LogP contribution in [-0.2, 0) is 9.53 Å². The molecule has 0 saturated carbocycles. The first kappa shape index (κ1) is 18.8. The molecular weight excluding hydrogens is 407 g/mol. The molecule has 7 heteroatoms. The Morgan fingerprint density at radius 1 is 1.48 bits per heavy atom. The van der Waals surface area contributed by atoms with E-state index in [-0.39, 0.29) is 40.7 Å². The number of hydrogen-bond donors (Lipinski definition) is 2. The van der Waals surface area contributed by atoms with Crippen molar-refractivity contribution in [3.8, 4) is 0 Å². The Balaban J connectivity index is 0.00000192. The van der Waals surface area contributed by atoms with Crippen molar-refractivity contribution in [2.24, 2.45) is 15.8 Å². The summed E-state index contributed by atoms with van der Waals surface area (Å²) in [6, 6.07) is 0. The van der Waals surface area contributed by atoms with Crippen LogP contribution in [-0.4, -0.2) is 63.2 Å². The maximum atomic E-state index is 11.6. The van der Waals surface area contributed by atoms with Crippen LogP contribution in [0.5, 0.6) is 0 Å². The number of amides is 1. The van der Waals surface area contributed by atoms with E-state index in [1.165, 1.54) is 0 Å². The van der Waals surface area contributed by atoms with Gasteiger partial charge in [0, 0.05) is 57.1 Å². The van der Waals surface area contributed by atoms with Gasteiger partial charge in [0.25, 0.3) is 0 Å². The molecule has 2 atom stereocenters. The van der Waals surface area contributed by atoms with Gasteiger partial charge in [0.1, 0.15) is 0 Å². The molecule has 0 aromatic heterocycles. The van der Waals surface area contributed by atoms with Crippen molar-refractivity contribution in [1.29, 1.82) is 0 Å². The van der Waals surface area contributed by atoms with Gasteiger partial charge in [-0.15, -0.1) is 24.0 Å². The third kappa shape index (κ3) is 4.29. The fraction of sp³-hybridized carbons (Fsp3) is 0.875. The topological polar surface area (TPSA) is 66.0 Å². The van der Waals surface area contributed by atoms with Crippen LogP contribution in [0.2, 0.25) is 0 Å². The lowest BCUT2D eigenvalue weighted by Crippen LogP contribution is -2.52. The summed E-state index contributed by atoms with van der Waals surface area (Å²) < 4.78 is 5.52. The fourth-order valence-corrected chi connectivity index (χ4v) is 3.90. The number of carbonyl (C=O) groups is 1. The second-order valence-corrected chi connectivity index (χ2v) is 7.49. The van der Waals surface area contributed by atoms with E-state index in [1.54, 1.807) is 0 Å². The van der Waals surface area contributed by atoms with Gasteiger partial charge in [-0.1, -0.05) is 6.92 Å². The molecule has 1 amide bonds. The number of guanidine groups is 1. The van der Waals surface area contributed by atoms with E-state index in [0.717, 1.165) is 64.6 Å². The molecule has 6 nitrogen and oxygen atoms in total. The lowest BCUT2D eigenvalue weighted by atomic mass is 9.79. The average Bonchev–Trinajstić information content (AvgIpc) is 3.07. The predicted molar refractivity (Wildman–Crippen MR) is 101 cm³/mol. The first-order valence-corrected chi connectivity index (χ1v) is 8.34. The Labute approximate surface area is 155 Å². The molecule has 0 radical (unpaired) electrons. The number of piperidine rings is 1. The zero-order chi connectivity index (χ0) is 15.6. The summed E-state index contributed by atoms with van der Waals surface area (Å²) in [6.45, 7) is 7.57. The van der Waals surface area contributed by atoms with E-state index < -0.39 is 0 Å². The molecule has 23 heavy (non-hydrogen) atoms. The number of halogens is 1. The first-order chi connectivity index (χ1) is 10.5. The quantitative estimate of drug-likeness (QED) is 0.388. The largest absolute Gasteiger partial charge is 0.381 e. The zero-order valence-corrected chi connectivity index (χ0v) is 16.5. The highest BCUT2D eigenvalue weighted by Gasteiger charge is 2.42. The number of carbonyl (C=O) groups excluding carboxylic acids is 1. The molecule has 132 valence electrons. The van der Waals surface area contributed by atoms with Crippen molar-refractivity contribution in [2.45, 2.75) is 32.6 Å². The van der Waals surface area contributed by atoms with E-state index in [1.807, 2.05) is 7.05 Å². The highest BCUT2D eigenvalue weighted by Crippen LogP contribution is 2.36. The van der Waals surface area contributed by atoms with Crippen molar-refractivity contribution in [3.05, 3.63) is 0 Å². The summed E-state index contributed by atoms with van der Waals surface area (Å²) in [5.74, 6) is 1.16. The first-order valence-electron chi connectivity index (χ1n) is 8.34. The maximum Gasteiger partial charge on any atom is 0.220 e. The molecular formula is C16H29IN4O2. The molecule has 2 unspecified atom stereocenters. The van der Waals surface area contributed by atoms with Gasteiger partial charge in [0.2, 0.25) is 5.91 Å². The highest BCUT2D eigenvalue weighted by atomic mass is 127. The fourth-order valence-electron chi connectivity index (χ4n) is 3.90. The van der Waals surface area contributed by atoms with Gasteiger partial charge < -0.3 is 20.3 Å². The Morgan fingerprint density at radius 2 is 2.30 bits per heavy atom. The van der Waals surface area contributed by atoms with Crippen LogP contribution < -0.4 is 10.6 Å². The number of nitrogens with zero attached hydrogens (tertiary/aromatic N) is 2. The predicted octanol–water partition coefficient (Wildman–Crippen LogP) is 1.21. The summed E-state index contributed by atoms with van der Waals surface area (Å²) in [5, 5.41) is 6.53. The molecule has 1 spiro atoms. The van der Waals surface area contributed by atoms with Gasteiger partial charge in [-0.05, 0) is 19.3 Å². The van der Waals surface area contributed by atoms with Gasteiger partial charge in [0.05, 0.1) is 6.61 Å². The van der Waals surface area contributed by atoms with Crippen molar-refractivity contribution in [2.75, 3.05) is 46.4 Å². The standard InChI is InChI=1S/C16H28N4O2.HI/c1-15(5-7-22-12-15)9-19-14(17-2)20-6-3-4-16(11-20)8-13(21)18-10-16;/h3-12H2,1-2H3,(H,17,19)(H,18,21);1H. The molecule has 0 bridgehead atoms. The monoisotopic (exact) mass is 436 g/mol. The molecule has 3 saturated heterocycles. The van der Waals surface area contributed by atoms with Gasteiger partial charge >= 0.3 is 0 Å². The Hall–Kier alpha value is -0.570. The minimum Gasteiger partial charge on any atom is -0.381 e. The maximum absolute atomic E-state index is 11.6. The zero-order valence-electron chi connectivity index (χ0n) is 14.2. The average molecular weight is 436 g/mol. The van der Waals surface area contributed by atoms with Crippen molar-refractivity contribution >= 4 is 35.8 Å². The molecule has 3 heterocycles. The highest BCUT2D eigenvalue weighted by molar-refractivity contribution is 14.0. The molecule has 0 aromatic rings. The third-order valence-electron chi connectivity index (χ3n) is 5.34. The van der Waals surface area contributed by atoms with Gasteiger partial charge in [-0.2, -0.15) is 0 Å². The Morgan fingerprint density at radius 3 is 2.91 bits per heavy atom. The number of ether oxygens (including phenoxy) is 1. The molecule has 3 aliphatic heterocycles. The normalized spacial score (nSPS) is 34.4. The van der Waals surface area contributed by atoms with E-state index >= 15 is 0 Å². The number of hydrogen-bond acceptors (Lipinski definition) is 3. The summed E-state index contributed by atoms with van der Waals surface area (Å²) in [5.41, 5.74) is 0.307. The molecule has 2 N–H and O–H groups in total. The van der Waals surface area contributed by atoms with Gasteiger partial charge in [0.15, 0.2) is 5.96 Å². The summed E-state index contributed by atoms with van der Waals surface area (Å²) >= 11 is 0. The van der Waals surface area contributed by atoms with Crippen LogP contribution in [0.15, 0.2) is 4.99 Å². The third-order valence-corrected chi connectivity index (χ3v) is 5.34. The SMILES string of the molecule is CN=C(NCC1(C)CCOC1)N1CCCC2(CNC(=O)C2)C1.I. The van der Waals surface area contributed by atoms with Crippen LogP contribution in [0.4, 0.5) is 0 Å². The second kappa shape index (κ2) is 7.55. The Kier molecular flexibility index (Phi) is 6.16. The molecule has 0 aliphatic carbocycles. The molecule has 3 aliphatic rings. The van der Waals surface area contributed by atoms with Crippen LogP contribution in [0.1, 0.15) is 32.6 Å². The summed E-state index contributed by atoms with van der Waals surface area (Å²) in [7, 11) is 1.84. The summed E-state index contributed by atoms with van der Waals surface area (Å²) in [4.78, 5) is 18.4. The van der Waals surface area contributed by atoms with E-state index in [2.05, 4.69) is 27.4 Å². The van der Waals surface area contributed by atoms with E-state index in [0.29, 0.717) is 6.42 Å². The molecule has 0 aromatic carbocycles. The van der Waals surface area contributed by atoms with Gasteiger partial charge in [-0.3, -0.25) is 9.79 Å². The molecule has 3 rings (SSSR count). The second-order valence-electron chi connectivity index (χ2n) is 7.49. The lowest BCUT2D eigenvalue weighted by Gasteiger charge is -2.41. The minimum atomic E-state index is 0. The summed E-state index contributed by atoms with van der Waals surface area (Å²) in [6.07, 6.45) is 4.01. The van der Waals surface area contributed by atoms with Crippen LogP contribution in [0.3, 0.4) is 0 Å². The van der Waals surface area contributed by atoms with Crippen LogP contribution in [0.25, 0.3) is 0 Å². The van der Waals surface area contributed by atoms with Crippen molar-refractivity contribution in [3.63, 3.8) is 0 Å². The van der Waals surface area contributed by atoms with Crippen LogP contribution >= 0.6 is 24.0 Å². The lowest BCUT2D eigenvalue weighted by molar-refractivity contribution is -0.119. The van der Waals surface area contributed by atoms with E-state index in [4.69, 9.17) is 4.74 Å². The number of likely N-dealkylation sites (tertiary alicyclic amines) is 1. The minimum absolute atomic E-state index is 0. The molecule has 3 fully saturated rings. The van der Waals surface area contributed by atoms with Crippen LogP contribution in [0, 0.1) is 10.8 Å². The van der Waals surface area contributed by atoms with Crippen molar-refractivity contribution < 1.29 is 9.53 Å². The number of rotatable bonds is 2.